The third kappa shape index (κ3) is 3.08. The maximum Gasteiger partial charge on any atom is 0.231 e. The quantitative estimate of drug-likeness (QED) is 0.735. The number of aryl methyl sites for hydroxylation is 3. The smallest absolute Gasteiger partial charge is 0.231 e. The maximum absolute atomic E-state index is 5.52. The standard InChI is InChI=1S/C21H24N4O2S/c1-13-14(2)28-21-19(13)20(22-15(3)23-21)25-8-6-24(7-9-25)11-16-4-5-17-18(10-16)27-12-26-17/h4-5,10H,6-9,11-12H2,1-3H3/p+1. The lowest BCUT2D eigenvalue weighted by Gasteiger charge is -2.33. The van der Waals surface area contributed by atoms with Gasteiger partial charge in [0.2, 0.25) is 6.79 Å². The number of quaternary nitrogens is 1. The molecular weight excluding hydrogens is 372 g/mol. The molecular formula is C21H25N4O2S+. The van der Waals surface area contributed by atoms with Crippen LogP contribution in [0.15, 0.2) is 18.2 Å². The van der Waals surface area contributed by atoms with Crippen molar-refractivity contribution in [3.05, 3.63) is 40.0 Å². The molecule has 0 bridgehead atoms. The van der Waals surface area contributed by atoms with Crippen LogP contribution in [0, 0.1) is 20.8 Å². The predicted octanol–water partition coefficient (Wildman–Crippen LogP) is 2.25. The topological polar surface area (TPSA) is 51.9 Å². The number of piperazine rings is 1. The number of nitrogens with one attached hydrogen (secondary N) is 1. The van der Waals surface area contributed by atoms with Crippen molar-refractivity contribution in [3.8, 4) is 11.5 Å². The Kier molecular flexibility index (Phi) is 4.36. The number of hydrogen-bond acceptors (Lipinski definition) is 6. The summed E-state index contributed by atoms with van der Waals surface area (Å²) >= 11 is 1.78. The molecule has 0 unspecified atom stereocenters. The van der Waals surface area contributed by atoms with Gasteiger partial charge in [-0.3, -0.25) is 0 Å². The van der Waals surface area contributed by atoms with Gasteiger partial charge in [0, 0.05) is 10.4 Å². The van der Waals surface area contributed by atoms with E-state index in [1.54, 1.807) is 16.2 Å². The van der Waals surface area contributed by atoms with Gasteiger partial charge >= 0.3 is 0 Å². The van der Waals surface area contributed by atoms with Crippen LogP contribution < -0.4 is 19.3 Å². The molecule has 1 fully saturated rings. The van der Waals surface area contributed by atoms with Crippen LogP contribution in [0.25, 0.3) is 10.2 Å². The summed E-state index contributed by atoms with van der Waals surface area (Å²) < 4.78 is 10.9. The summed E-state index contributed by atoms with van der Waals surface area (Å²) in [6.45, 7) is 11.9. The second-order valence-corrected chi connectivity index (χ2v) is 8.86. The van der Waals surface area contributed by atoms with E-state index in [1.807, 2.05) is 13.0 Å². The summed E-state index contributed by atoms with van der Waals surface area (Å²) in [5.74, 6) is 3.70. The summed E-state index contributed by atoms with van der Waals surface area (Å²) in [4.78, 5) is 16.0. The van der Waals surface area contributed by atoms with Gasteiger partial charge < -0.3 is 19.3 Å². The van der Waals surface area contributed by atoms with Crippen LogP contribution in [0.1, 0.15) is 21.8 Å². The first kappa shape index (κ1) is 17.7. The second kappa shape index (κ2) is 6.90. The molecule has 0 amide bonds. The maximum atomic E-state index is 5.52. The van der Waals surface area contributed by atoms with Crippen LogP contribution in [0.4, 0.5) is 5.82 Å². The number of anilines is 1. The average molecular weight is 398 g/mol. The SMILES string of the molecule is Cc1nc(N2CC[NH+](Cc3ccc4c(c3)OCO4)CC2)c2c(C)c(C)sc2n1. The fraction of sp³-hybridized carbons (Fsp3) is 0.429. The molecule has 0 spiro atoms. The molecule has 0 saturated carbocycles. The molecule has 0 aliphatic carbocycles. The average Bonchev–Trinajstić information content (AvgIpc) is 3.26. The lowest BCUT2D eigenvalue weighted by Crippen LogP contribution is -3.13. The highest BCUT2D eigenvalue weighted by atomic mass is 32.1. The zero-order valence-corrected chi connectivity index (χ0v) is 17.4. The Morgan fingerprint density at radius 3 is 2.68 bits per heavy atom. The monoisotopic (exact) mass is 397 g/mol. The molecule has 2 aliphatic heterocycles. The molecule has 0 atom stereocenters. The Morgan fingerprint density at radius 1 is 1.07 bits per heavy atom. The molecule has 2 aliphatic rings. The van der Waals surface area contributed by atoms with Gasteiger partial charge in [-0.1, -0.05) is 0 Å². The first-order valence-electron chi connectivity index (χ1n) is 9.80. The van der Waals surface area contributed by atoms with Gasteiger partial charge in [0.1, 0.15) is 23.0 Å². The van der Waals surface area contributed by atoms with Crippen molar-refractivity contribution >= 4 is 27.4 Å². The van der Waals surface area contributed by atoms with Crippen LogP contribution in [-0.2, 0) is 6.54 Å². The number of thiophene rings is 1. The molecule has 0 radical (unpaired) electrons. The van der Waals surface area contributed by atoms with E-state index in [-0.39, 0.29) is 0 Å². The van der Waals surface area contributed by atoms with E-state index in [4.69, 9.17) is 14.5 Å². The first-order chi connectivity index (χ1) is 13.6. The molecule has 6 nitrogen and oxygen atoms in total. The highest BCUT2D eigenvalue weighted by molar-refractivity contribution is 7.18. The van der Waals surface area contributed by atoms with Crippen LogP contribution in [0.3, 0.4) is 0 Å². The van der Waals surface area contributed by atoms with Crippen LogP contribution in [0.2, 0.25) is 0 Å². The summed E-state index contributed by atoms with van der Waals surface area (Å²) in [5, 5.41) is 1.24. The Hall–Kier alpha value is -2.38. The Balaban J connectivity index is 1.32. The van der Waals surface area contributed by atoms with E-state index in [2.05, 4.69) is 35.9 Å². The first-order valence-corrected chi connectivity index (χ1v) is 10.6. The van der Waals surface area contributed by atoms with Gasteiger partial charge in [-0.15, -0.1) is 11.3 Å². The van der Waals surface area contributed by atoms with E-state index >= 15 is 0 Å². The van der Waals surface area contributed by atoms with E-state index in [0.717, 1.165) is 60.7 Å². The zero-order valence-electron chi connectivity index (χ0n) is 16.5. The largest absolute Gasteiger partial charge is 0.454 e. The predicted molar refractivity (Wildman–Crippen MR) is 111 cm³/mol. The highest BCUT2D eigenvalue weighted by Gasteiger charge is 2.25. The number of nitrogens with zero attached hydrogens (tertiary/aromatic N) is 3. The minimum Gasteiger partial charge on any atom is -0.454 e. The number of hydrogen-bond donors (Lipinski definition) is 1. The van der Waals surface area contributed by atoms with Gasteiger partial charge in [-0.05, 0) is 44.5 Å². The molecule has 3 aromatic rings. The van der Waals surface area contributed by atoms with Gasteiger partial charge in [0.05, 0.1) is 31.6 Å². The van der Waals surface area contributed by atoms with Crippen LogP contribution >= 0.6 is 11.3 Å². The lowest BCUT2D eigenvalue weighted by atomic mass is 10.1. The van der Waals surface area contributed by atoms with E-state index < -0.39 is 0 Å². The van der Waals surface area contributed by atoms with Crippen molar-refractivity contribution in [2.75, 3.05) is 37.9 Å². The Labute approximate surface area is 168 Å². The van der Waals surface area contributed by atoms with Gasteiger partial charge in [-0.2, -0.15) is 0 Å². The highest BCUT2D eigenvalue weighted by Crippen LogP contribution is 2.35. The summed E-state index contributed by atoms with van der Waals surface area (Å²) in [5.41, 5.74) is 2.63. The minimum absolute atomic E-state index is 0.332. The number of ether oxygens (including phenoxy) is 2. The zero-order chi connectivity index (χ0) is 19.3. The van der Waals surface area contributed by atoms with E-state index in [9.17, 15) is 0 Å². The van der Waals surface area contributed by atoms with Crippen molar-refractivity contribution in [1.82, 2.24) is 9.97 Å². The van der Waals surface area contributed by atoms with E-state index in [1.165, 1.54) is 21.4 Å². The van der Waals surface area contributed by atoms with Crippen molar-refractivity contribution < 1.29 is 14.4 Å². The molecule has 28 heavy (non-hydrogen) atoms. The molecule has 7 heteroatoms. The van der Waals surface area contributed by atoms with Crippen molar-refractivity contribution in [2.24, 2.45) is 0 Å². The van der Waals surface area contributed by atoms with Crippen LogP contribution in [-0.4, -0.2) is 42.9 Å². The number of rotatable bonds is 3. The Morgan fingerprint density at radius 2 is 1.86 bits per heavy atom. The fourth-order valence-corrected chi connectivity index (χ4v) is 5.18. The minimum atomic E-state index is 0.332. The van der Waals surface area contributed by atoms with Crippen molar-refractivity contribution in [1.29, 1.82) is 0 Å². The molecule has 4 heterocycles. The molecule has 1 N–H and O–H groups in total. The normalized spacial score (nSPS) is 16.9. The fourth-order valence-electron chi connectivity index (χ4n) is 4.11. The third-order valence-electron chi connectivity index (χ3n) is 5.78. The molecule has 2 aromatic heterocycles. The van der Waals surface area contributed by atoms with Gasteiger partial charge in [0.25, 0.3) is 0 Å². The Bertz CT molecular complexity index is 1040. The summed E-state index contributed by atoms with van der Waals surface area (Å²) in [6.07, 6.45) is 0. The number of benzene rings is 1. The second-order valence-electron chi connectivity index (χ2n) is 7.66. The molecule has 1 aromatic carbocycles. The van der Waals surface area contributed by atoms with Crippen molar-refractivity contribution in [3.63, 3.8) is 0 Å². The number of fused-ring (bicyclic) bond motifs is 2. The van der Waals surface area contributed by atoms with Gasteiger partial charge in [0.15, 0.2) is 11.5 Å². The summed E-state index contributed by atoms with van der Waals surface area (Å²) in [6, 6.07) is 6.30. The van der Waals surface area contributed by atoms with Crippen LogP contribution in [0.5, 0.6) is 11.5 Å². The third-order valence-corrected chi connectivity index (χ3v) is 6.88. The summed E-state index contributed by atoms with van der Waals surface area (Å²) in [7, 11) is 0. The van der Waals surface area contributed by atoms with Crippen molar-refractivity contribution in [2.45, 2.75) is 27.3 Å². The number of aromatic nitrogens is 2. The molecule has 1 saturated heterocycles. The van der Waals surface area contributed by atoms with Gasteiger partial charge in [-0.25, -0.2) is 9.97 Å². The molecule has 146 valence electrons. The lowest BCUT2D eigenvalue weighted by molar-refractivity contribution is -0.914. The van der Waals surface area contributed by atoms with E-state index in [0.29, 0.717) is 6.79 Å². The molecule has 5 rings (SSSR count).